The Hall–Kier alpha value is -3.47. The largest absolute Gasteiger partial charge is 0.382 e. The Morgan fingerprint density at radius 1 is 1.06 bits per heavy atom. The molecule has 2 N–H and O–H groups in total. The van der Waals surface area contributed by atoms with Crippen molar-refractivity contribution in [2.45, 2.75) is 38.5 Å². The van der Waals surface area contributed by atoms with Crippen molar-refractivity contribution in [2.24, 2.45) is 5.92 Å². The van der Waals surface area contributed by atoms with Crippen molar-refractivity contribution in [1.82, 2.24) is 19.4 Å². The fraction of sp³-hybridized carbons (Fsp3) is 0.269. The molecular formula is C26H25N5. The zero-order chi connectivity index (χ0) is 20.9. The van der Waals surface area contributed by atoms with Gasteiger partial charge in [-0.3, -0.25) is 4.40 Å². The number of nitrogens with two attached hydrogens (primary N) is 1. The van der Waals surface area contributed by atoms with Crippen molar-refractivity contribution < 1.29 is 0 Å². The quantitative estimate of drug-likeness (QED) is 0.468. The number of hydrogen-bond acceptors (Lipinski definition) is 4. The van der Waals surface area contributed by atoms with Crippen LogP contribution in [0.25, 0.3) is 33.3 Å². The van der Waals surface area contributed by atoms with E-state index in [0.717, 1.165) is 58.0 Å². The average Bonchev–Trinajstić information content (AvgIpc) is 3.17. The van der Waals surface area contributed by atoms with Gasteiger partial charge >= 0.3 is 0 Å². The van der Waals surface area contributed by atoms with Crippen LogP contribution in [0, 0.1) is 5.92 Å². The number of hydrogen-bond donors (Lipinski definition) is 1. The van der Waals surface area contributed by atoms with Crippen LogP contribution in [0.15, 0.2) is 61.0 Å². The fourth-order valence-electron chi connectivity index (χ4n) is 4.92. The summed E-state index contributed by atoms with van der Waals surface area (Å²) in [6.45, 7) is 2.30. The van der Waals surface area contributed by atoms with E-state index < -0.39 is 0 Å². The van der Waals surface area contributed by atoms with Gasteiger partial charge in [0.25, 0.3) is 0 Å². The molecule has 3 heterocycles. The summed E-state index contributed by atoms with van der Waals surface area (Å²) in [7, 11) is 0. The molecular weight excluding hydrogens is 382 g/mol. The van der Waals surface area contributed by atoms with Crippen LogP contribution in [0.5, 0.6) is 0 Å². The van der Waals surface area contributed by atoms with Crippen LogP contribution in [0.3, 0.4) is 0 Å². The summed E-state index contributed by atoms with van der Waals surface area (Å²) < 4.78 is 2.14. The number of anilines is 1. The maximum atomic E-state index is 6.33. The lowest BCUT2D eigenvalue weighted by Crippen LogP contribution is -2.21. The summed E-state index contributed by atoms with van der Waals surface area (Å²) in [6, 6.07) is 10.6. The van der Waals surface area contributed by atoms with E-state index in [1.165, 1.54) is 18.4 Å². The van der Waals surface area contributed by atoms with Crippen LogP contribution >= 0.6 is 0 Å². The smallest absolute Gasteiger partial charge is 0.150 e. The topological polar surface area (TPSA) is 69.1 Å². The Morgan fingerprint density at radius 3 is 2.74 bits per heavy atom. The first kappa shape index (κ1) is 18.3. The summed E-state index contributed by atoms with van der Waals surface area (Å²) in [5.41, 5.74) is 12.3. The highest BCUT2D eigenvalue weighted by molar-refractivity contribution is 5.91. The molecule has 1 aromatic carbocycles. The van der Waals surface area contributed by atoms with Crippen molar-refractivity contribution in [3.05, 3.63) is 72.5 Å². The number of imidazole rings is 1. The summed E-state index contributed by atoms with van der Waals surface area (Å²) in [6.07, 6.45) is 14.9. The molecule has 0 unspecified atom stereocenters. The molecule has 2 aliphatic carbocycles. The van der Waals surface area contributed by atoms with E-state index in [0.29, 0.717) is 11.7 Å². The van der Waals surface area contributed by atoms with Crippen molar-refractivity contribution in [2.75, 3.05) is 5.73 Å². The minimum Gasteiger partial charge on any atom is -0.382 e. The van der Waals surface area contributed by atoms with Crippen molar-refractivity contribution >= 4 is 27.8 Å². The van der Waals surface area contributed by atoms with Gasteiger partial charge in [0, 0.05) is 29.3 Å². The minimum absolute atomic E-state index is 0.480. The first-order valence-electron chi connectivity index (χ1n) is 11.1. The molecule has 0 bridgehead atoms. The van der Waals surface area contributed by atoms with Gasteiger partial charge < -0.3 is 5.73 Å². The van der Waals surface area contributed by atoms with Crippen molar-refractivity contribution in [3.8, 4) is 11.3 Å². The first-order valence-corrected chi connectivity index (χ1v) is 11.1. The standard InChI is InChI=1S/C26H25N5/c1-16-13-20(14-16)26-30-23(24-25(27)28-11-12-31(24)26)19-8-7-18-9-10-21(29-22(18)15-19)17-5-3-2-4-6-17/h3,5-12,15-16,20H,2,4,13-14H2,1H3,(H2,27,28). The first-order chi connectivity index (χ1) is 15.2. The third-order valence-electron chi connectivity index (χ3n) is 6.61. The van der Waals surface area contributed by atoms with Crippen LogP contribution in [-0.4, -0.2) is 19.4 Å². The number of benzene rings is 1. The minimum atomic E-state index is 0.480. The molecule has 0 atom stereocenters. The van der Waals surface area contributed by atoms with E-state index in [1.54, 1.807) is 6.20 Å². The third kappa shape index (κ3) is 3.03. The predicted octanol–water partition coefficient (Wildman–Crippen LogP) is 5.77. The van der Waals surface area contributed by atoms with Gasteiger partial charge in [0.2, 0.25) is 0 Å². The Morgan fingerprint density at radius 2 is 1.94 bits per heavy atom. The van der Waals surface area contributed by atoms with E-state index in [9.17, 15) is 0 Å². The zero-order valence-corrected chi connectivity index (χ0v) is 17.6. The van der Waals surface area contributed by atoms with Crippen molar-refractivity contribution in [3.63, 3.8) is 0 Å². The van der Waals surface area contributed by atoms with Gasteiger partial charge in [-0.2, -0.15) is 0 Å². The molecule has 5 nitrogen and oxygen atoms in total. The molecule has 5 heteroatoms. The van der Waals surface area contributed by atoms with Gasteiger partial charge in [-0.1, -0.05) is 43.4 Å². The average molecular weight is 408 g/mol. The molecule has 2 aliphatic rings. The number of pyridine rings is 1. The van der Waals surface area contributed by atoms with E-state index in [4.69, 9.17) is 15.7 Å². The number of rotatable bonds is 3. The summed E-state index contributed by atoms with van der Waals surface area (Å²) >= 11 is 0. The van der Waals surface area contributed by atoms with Gasteiger partial charge in [-0.05, 0) is 49.3 Å². The highest BCUT2D eigenvalue weighted by atomic mass is 15.1. The lowest BCUT2D eigenvalue weighted by molar-refractivity contribution is 0.277. The predicted molar refractivity (Wildman–Crippen MR) is 126 cm³/mol. The number of aromatic nitrogens is 4. The molecule has 1 fully saturated rings. The van der Waals surface area contributed by atoms with Gasteiger partial charge in [0.05, 0.1) is 11.2 Å². The summed E-state index contributed by atoms with van der Waals surface area (Å²) in [5, 5.41) is 1.12. The molecule has 4 aromatic rings. The Kier molecular flexibility index (Phi) is 4.16. The lowest BCUT2D eigenvalue weighted by atomic mass is 9.76. The number of allylic oxidation sites excluding steroid dienone is 4. The second kappa shape index (κ2) is 7.05. The van der Waals surface area contributed by atoms with Crippen LogP contribution in [0.1, 0.15) is 50.0 Å². The SMILES string of the molecule is CC1CC(c2nc(-c3ccc4ccc(C5=CCCC=C5)nc4c3)c3c(N)nccn23)C1. The van der Waals surface area contributed by atoms with E-state index in [2.05, 4.69) is 64.9 Å². The Balaban J connectivity index is 1.50. The highest BCUT2D eigenvalue weighted by Crippen LogP contribution is 2.42. The second-order valence-corrected chi connectivity index (χ2v) is 8.87. The molecule has 31 heavy (non-hydrogen) atoms. The monoisotopic (exact) mass is 407 g/mol. The van der Waals surface area contributed by atoms with Crippen LogP contribution in [-0.2, 0) is 0 Å². The van der Waals surface area contributed by atoms with Gasteiger partial charge in [0.15, 0.2) is 0 Å². The highest BCUT2D eigenvalue weighted by Gasteiger charge is 2.31. The van der Waals surface area contributed by atoms with Crippen LogP contribution < -0.4 is 5.73 Å². The molecule has 0 saturated heterocycles. The van der Waals surface area contributed by atoms with Crippen LogP contribution in [0.2, 0.25) is 0 Å². The zero-order valence-electron chi connectivity index (χ0n) is 17.6. The van der Waals surface area contributed by atoms with Gasteiger partial charge in [-0.25, -0.2) is 15.0 Å². The normalized spacial score (nSPS) is 20.7. The van der Waals surface area contributed by atoms with E-state index >= 15 is 0 Å². The lowest BCUT2D eigenvalue weighted by Gasteiger charge is -2.31. The van der Waals surface area contributed by atoms with E-state index in [1.807, 2.05) is 6.20 Å². The summed E-state index contributed by atoms with van der Waals surface area (Å²) in [5.74, 6) is 2.85. The fourth-order valence-corrected chi connectivity index (χ4v) is 4.92. The molecule has 1 saturated carbocycles. The molecule has 0 radical (unpaired) electrons. The van der Waals surface area contributed by atoms with Gasteiger partial charge in [-0.15, -0.1) is 0 Å². The molecule has 3 aromatic heterocycles. The van der Waals surface area contributed by atoms with E-state index in [-0.39, 0.29) is 0 Å². The summed E-state index contributed by atoms with van der Waals surface area (Å²) in [4.78, 5) is 14.4. The molecule has 154 valence electrons. The number of fused-ring (bicyclic) bond motifs is 2. The molecule has 0 aliphatic heterocycles. The van der Waals surface area contributed by atoms with Crippen molar-refractivity contribution in [1.29, 1.82) is 0 Å². The number of nitrogens with zero attached hydrogens (tertiary/aromatic N) is 4. The third-order valence-corrected chi connectivity index (χ3v) is 6.61. The maximum absolute atomic E-state index is 6.33. The Labute approximate surface area is 181 Å². The molecule has 6 rings (SSSR count). The number of nitrogen functional groups attached to an aromatic ring is 1. The molecule has 0 amide bonds. The molecule has 0 spiro atoms. The van der Waals surface area contributed by atoms with Crippen LogP contribution in [0.4, 0.5) is 5.82 Å². The second-order valence-electron chi connectivity index (χ2n) is 8.87. The maximum Gasteiger partial charge on any atom is 0.150 e. The van der Waals surface area contributed by atoms with Gasteiger partial charge in [0.1, 0.15) is 22.9 Å². The Bertz CT molecular complexity index is 1370.